The van der Waals surface area contributed by atoms with Gasteiger partial charge in [-0.3, -0.25) is 0 Å². The van der Waals surface area contributed by atoms with Gasteiger partial charge in [0.05, 0.1) is 7.11 Å². The van der Waals surface area contributed by atoms with Crippen LogP contribution in [0.1, 0.15) is 0 Å². The summed E-state index contributed by atoms with van der Waals surface area (Å²) >= 11 is 0. The number of anilines is 1. The van der Waals surface area contributed by atoms with Gasteiger partial charge < -0.3 is 15.8 Å². The lowest BCUT2D eigenvalue weighted by molar-refractivity contribution is 0.398. The highest BCUT2D eigenvalue weighted by molar-refractivity contribution is 5.37. The molecule has 1 rings (SSSR count). The molecule has 0 aliphatic carbocycles. The topological polar surface area (TPSA) is 60.2 Å². The molecule has 0 unspecified atom stereocenters. The van der Waals surface area contributed by atoms with E-state index in [-0.39, 0.29) is 0 Å². The Morgan fingerprint density at radius 3 is 3.17 bits per heavy atom. The summed E-state index contributed by atoms with van der Waals surface area (Å²) in [5.41, 5.74) is 5.20. The van der Waals surface area contributed by atoms with Gasteiger partial charge in [0.2, 0.25) is 5.88 Å². The Morgan fingerprint density at radius 2 is 2.50 bits per heavy atom. The van der Waals surface area contributed by atoms with Gasteiger partial charge in [0.25, 0.3) is 0 Å². The van der Waals surface area contributed by atoms with Crippen LogP contribution in [-0.2, 0) is 0 Å². The largest absolute Gasteiger partial charge is 0.481 e. The number of nitrogens with two attached hydrogens (primary N) is 1. The van der Waals surface area contributed by atoms with Gasteiger partial charge in [-0.05, 0) is 6.07 Å². The quantitative estimate of drug-likeness (QED) is 0.688. The minimum atomic E-state index is 0.594. The van der Waals surface area contributed by atoms with Crippen LogP contribution >= 0.6 is 0 Å². The molecule has 0 aliphatic heterocycles. The van der Waals surface area contributed by atoms with Gasteiger partial charge in [-0.2, -0.15) is 4.98 Å². The van der Waals surface area contributed by atoms with Crippen molar-refractivity contribution in [3.05, 3.63) is 24.7 Å². The zero-order valence-electron chi connectivity index (χ0n) is 6.95. The summed E-state index contributed by atoms with van der Waals surface area (Å²) in [5, 5.41) is 3.00. The van der Waals surface area contributed by atoms with E-state index in [1.807, 2.05) is 12.1 Å². The van der Waals surface area contributed by atoms with Crippen molar-refractivity contribution in [2.45, 2.75) is 0 Å². The first-order valence-electron chi connectivity index (χ1n) is 3.65. The van der Waals surface area contributed by atoms with E-state index in [9.17, 15) is 0 Å². The van der Waals surface area contributed by atoms with Gasteiger partial charge in [-0.1, -0.05) is 6.07 Å². The van der Waals surface area contributed by atoms with Crippen LogP contribution in [0.5, 0.6) is 5.88 Å². The maximum absolute atomic E-state index is 5.20. The molecule has 1 aromatic rings. The highest BCUT2D eigenvalue weighted by Gasteiger charge is 1.94. The van der Waals surface area contributed by atoms with Gasteiger partial charge in [-0.15, -0.1) is 0 Å². The fraction of sp³-hybridized carbons (Fsp3) is 0.250. The van der Waals surface area contributed by atoms with Gasteiger partial charge in [0, 0.05) is 19.2 Å². The molecule has 4 nitrogen and oxygen atoms in total. The number of pyridine rings is 1. The second-order valence-electron chi connectivity index (χ2n) is 2.18. The Morgan fingerprint density at radius 1 is 1.67 bits per heavy atom. The van der Waals surface area contributed by atoms with Crippen LogP contribution < -0.4 is 15.8 Å². The van der Waals surface area contributed by atoms with Crippen molar-refractivity contribution in [2.75, 3.05) is 19.0 Å². The molecule has 0 fully saturated rings. The minimum Gasteiger partial charge on any atom is -0.481 e. The Balaban J connectivity index is 2.60. The lowest BCUT2D eigenvalue weighted by atomic mass is 10.4. The van der Waals surface area contributed by atoms with Crippen molar-refractivity contribution < 1.29 is 4.74 Å². The Labute approximate surface area is 71.7 Å². The zero-order valence-corrected chi connectivity index (χ0v) is 6.95. The first-order valence-corrected chi connectivity index (χ1v) is 3.65. The summed E-state index contributed by atoms with van der Waals surface area (Å²) in [6.07, 6.45) is 0. The van der Waals surface area contributed by atoms with E-state index < -0.39 is 0 Å². The van der Waals surface area contributed by atoms with Crippen molar-refractivity contribution in [1.82, 2.24) is 4.98 Å². The molecule has 0 saturated carbocycles. The Hall–Kier alpha value is -1.29. The molecule has 1 heterocycles. The van der Waals surface area contributed by atoms with Crippen LogP contribution in [0.2, 0.25) is 0 Å². The fourth-order valence-corrected chi connectivity index (χ4v) is 0.790. The average Bonchev–Trinajstić information content (AvgIpc) is 2.15. The molecule has 0 saturated heterocycles. The monoisotopic (exact) mass is 166 g/mol. The maximum atomic E-state index is 5.20. The molecule has 4 heteroatoms. The van der Waals surface area contributed by atoms with Crippen LogP contribution in [0, 0.1) is 6.54 Å². The van der Waals surface area contributed by atoms with Crippen LogP contribution in [0.15, 0.2) is 18.2 Å². The lowest BCUT2D eigenvalue weighted by Gasteiger charge is -2.04. The summed E-state index contributed by atoms with van der Waals surface area (Å²) in [7, 11) is 1.58. The van der Waals surface area contributed by atoms with Gasteiger partial charge in [-0.25, -0.2) is 0 Å². The van der Waals surface area contributed by atoms with E-state index in [0.717, 1.165) is 5.82 Å². The normalized spacial score (nSPS) is 9.50. The molecule has 0 amide bonds. The summed E-state index contributed by atoms with van der Waals surface area (Å²) in [4.78, 5) is 4.12. The van der Waals surface area contributed by atoms with Crippen molar-refractivity contribution in [3.63, 3.8) is 0 Å². The first-order chi connectivity index (χ1) is 5.86. The lowest BCUT2D eigenvalue weighted by Crippen LogP contribution is -2.08. The molecule has 0 aromatic carbocycles. The van der Waals surface area contributed by atoms with E-state index in [2.05, 4.69) is 10.3 Å². The summed E-state index contributed by atoms with van der Waals surface area (Å²) in [6.45, 7) is 2.13. The number of nitrogens with zero attached hydrogens (tertiary/aromatic N) is 1. The summed E-state index contributed by atoms with van der Waals surface area (Å²) < 4.78 is 4.94. The fourth-order valence-electron chi connectivity index (χ4n) is 0.790. The molecule has 1 aromatic heterocycles. The molecule has 12 heavy (non-hydrogen) atoms. The third kappa shape index (κ3) is 2.39. The van der Waals surface area contributed by atoms with E-state index >= 15 is 0 Å². The predicted octanol–water partition coefficient (Wildman–Crippen LogP) is 0.623. The van der Waals surface area contributed by atoms with Gasteiger partial charge in [0.15, 0.2) is 0 Å². The van der Waals surface area contributed by atoms with Gasteiger partial charge >= 0.3 is 0 Å². The predicted molar refractivity (Wildman–Crippen MR) is 47.8 cm³/mol. The van der Waals surface area contributed by atoms with Crippen LogP contribution in [0.3, 0.4) is 0 Å². The number of nitrogens with one attached hydrogen (secondary N) is 1. The molecule has 1 radical (unpaired) electrons. The van der Waals surface area contributed by atoms with Crippen molar-refractivity contribution in [2.24, 2.45) is 5.73 Å². The second-order valence-corrected chi connectivity index (χ2v) is 2.18. The Bertz CT molecular complexity index is 239. The standard InChI is InChI=1S/C8H12N3O/c1-12-8-4-2-3-7(11-8)10-6-5-9/h2-5H,6,9H2,1H3,(H,10,11). The maximum Gasteiger partial charge on any atom is 0.214 e. The van der Waals surface area contributed by atoms with Crippen molar-refractivity contribution in [1.29, 1.82) is 0 Å². The zero-order chi connectivity index (χ0) is 8.81. The first kappa shape index (κ1) is 8.80. The smallest absolute Gasteiger partial charge is 0.214 e. The second kappa shape index (κ2) is 4.56. The highest BCUT2D eigenvalue weighted by Crippen LogP contribution is 2.09. The Kier molecular flexibility index (Phi) is 3.35. The molecule has 0 bridgehead atoms. The molecular weight excluding hydrogens is 154 g/mol. The molecule has 0 spiro atoms. The molecular formula is C8H12N3O. The van der Waals surface area contributed by atoms with Crippen LogP contribution in [-0.4, -0.2) is 18.6 Å². The third-order valence-electron chi connectivity index (χ3n) is 1.33. The SMILES string of the molecule is COc1cccc(NC[CH]N)n1. The van der Waals surface area contributed by atoms with Crippen LogP contribution in [0.25, 0.3) is 0 Å². The third-order valence-corrected chi connectivity index (χ3v) is 1.33. The van der Waals surface area contributed by atoms with E-state index in [1.165, 1.54) is 6.54 Å². The molecule has 0 atom stereocenters. The number of ether oxygens (including phenoxy) is 1. The number of methoxy groups -OCH3 is 1. The molecule has 0 aliphatic rings. The number of aromatic nitrogens is 1. The minimum absolute atomic E-state index is 0.594. The number of rotatable bonds is 4. The van der Waals surface area contributed by atoms with Crippen molar-refractivity contribution >= 4 is 5.82 Å². The highest BCUT2D eigenvalue weighted by atomic mass is 16.5. The summed E-state index contributed by atoms with van der Waals surface area (Å²) in [6, 6.07) is 5.51. The number of hydrogen-bond donors (Lipinski definition) is 2. The van der Waals surface area contributed by atoms with E-state index in [4.69, 9.17) is 10.5 Å². The van der Waals surface area contributed by atoms with E-state index in [1.54, 1.807) is 13.2 Å². The van der Waals surface area contributed by atoms with E-state index in [0.29, 0.717) is 12.4 Å². The van der Waals surface area contributed by atoms with Crippen LogP contribution in [0.4, 0.5) is 5.82 Å². The summed E-state index contributed by atoms with van der Waals surface area (Å²) in [5.74, 6) is 1.35. The molecule has 3 N–H and O–H groups in total. The number of hydrogen-bond acceptors (Lipinski definition) is 4. The van der Waals surface area contributed by atoms with Crippen molar-refractivity contribution in [3.8, 4) is 5.88 Å². The van der Waals surface area contributed by atoms with Gasteiger partial charge in [0.1, 0.15) is 5.82 Å². The average molecular weight is 166 g/mol. The molecule has 65 valence electrons.